The maximum atomic E-state index is 11.9. The van der Waals surface area contributed by atoms with Gasteiger partial charge in [0.2, 0.25) is 5.91 Å². The van der Waals surface area contributed by atoms with Crippen LogP contribution in [0.4, 0.5) is 0 Å². The van der Waals surface area contributed by atoms with Crippen molar-refractivity contribution in [1.29, 1.82) is 0 Å². The number of aliphatic hydroxyl groups excluding tert-OH is 1. The molecule has 0 heterocycles. The standard InChI is InChI=1S/C17H23NO2/c19-16(13-7-10-14-8-3-1-4-9-14)17(20)18-15-11-5-2-6-12-15/h1,3-4,7-10,15-16,19H,2,5-6,11-13H2,(H,18,20)/b10-7+/t16-/m1/s1. The number of nitrogens with one attached hydrogen (secondary N) is 1. The van der Waals surface area contributed by atoms with E-state index in [2.05, 4.69) is 5.32 Å². The number of rotatable bonds is 5. The van der Waals surface area contributed by atoms with E-state index in [0.29, 0.717) is 6.42 Å². The van der Waals surface area contributed by atoms with Crippen LogP contribution in [0, 0.1) is 0 Å². The fraction of sp³-hybridized carbons (Fsp3) is 0.471. The van der Waals surface area contributed by atoms with Gasteiger partial charge in [-0.3, -0.25) is 4.79 Å². The third kappa shape index (κ3) is 4.82. The lowest BCUT2D eigenvalue weighted by molar-refractivity contribution is -0.130. The Hall–Kier alpha value is -1.61. The van der Waals surface area contributed by atoms with Crippen LogP contribution >= 0.6 is 0 Å². The summed E-state index contributed by atoms with van der Waals surface area (Å²) in [6.45, 7) is 0. The molecule has 1 aromatic rings. The molecular formula is C17H23NO2. The van der Waals surface area contributed by atoms with Gasteiger partial charge in [0, 0.05) is 12.5 Å². The van der Waals surface area contributed by atoms with Gasteiger partial charge >= 0.3 is 0 Å². The van der Waals surface area contributed by atoms with Gasteiger partial charge in [0.1, 0.15) is 6.10 Å². The van der Waals surface area contributed by atoms with Gasteiger partial charge in [-0.05, 0) is 18.4 Å². The van der Waals surface area contributed by atoms with Crippen LogP contribution in [0.15, 0.2) is 36.4 Å². The topological polar surface area (TPSA) is 49.3 Å². The molecule has 20 heavy (non-hydrogen) atoms. The second kappa shape index (κ2) is 7.85. The number of hydrogen-bond acceptors (Lipinski definition) is 2. The Balaban J connectivity index is 1.74. The first-order chi connectivity index (χ1) is 9.75. The highest BCUT2D eigenvalue weighted by Crippen LogP contribution is 2.17. The van der Waals surface area contributed by atoms with Crippen LogP contribution in [0.3, 0.4) is 0 Å². The molecule has 0 spiro atoms. The van der Waals surface area contributed by atoms with Gasteiger partial charge in [0.15, 0.2) is 0 Å². The Kier molecular flexibility index (Phi) is 5.81. The highest BCUT2D eigenvalue weighted by Gasteiger charge is 2.19. The SMILES string of the molecule is O=C(NC1CCCCC1)[C@H](O)C/C=C/c1ccccc1. The summed E-state index contributed by atoms with van der Waals surface area (Å²) in [4.78, 5) is 11.9. The highest BCUT2D eigenvalue weighted by atomic mass is 16.3. The minimum Gasteiger partial charge on any atom is -0.383 e. The van der Waals surface area contributed by atoms with Crippen LogP contribution in [0.2, 0.25) is 0 Å². The van der Waals surface area contributed by atoms with Crippen LogP contribution in [-0.4, -0.2) is 23.2 Å². The number of benzene rings is 1. The molecule has 3 nitrogen and oxygen atoms in total. The van der Waals surface area contributed by atoms with E-state index in [-0.39, 0.29) is 11.9 Å². The molecule has 1 aliphatic carbocycles. The zero-order valence-electron chi connectivity index (χ0n) is 11.8. The van der Waals surface area contributed by atoms with Crippen LogP contribution in [0.5, 0.6) is 0 Å². The van der Waals surface area contributed by atoms with E-state index in [0.717, 1.165) is 18.4 Å². The summed E-state index contributed by atoms with van der Waals surface area (Å²) < 4.78 is 0. The molecule has 1 aromatic carbocycles. The van der Waals surface area contributed by atoms with Gasteiger partial charge in [-0.15, -0.1) is 0 Å². The quantitative estimate of drug-likeness (QED) is 0.866. The lowest BCUT2D eigenvalue weighted by Crippen LogP contribution is -2.42. The van der Waals surface area contributed by atoms with Gasteiger partial charge in [-0.2, -0.15) is 0 Å². The Labute approximate surface area is 120 Å². The number of carbonyl (C=O) groups is 1. The number of aliphatic hydroxyl groups is 1. The molecule has 0 unspecified atom stereocenters. The van der Waals surface area contributed by atoms with E-state index in [9.17, 15) is 9.90 Å². The van der Waals surface area contributed by atoms with E-state index in [1.54, 1.807) is 0 Å². The fourth-order valence-electron chi connectivity index (χ4n) is 2.55. The van der Waals surface area contributed by atoms with E-state index in [4.69, 9.17) is 0 Å². The van der Waals surface area contributed by atoms with Crippen LogP contribution in [0.1, 0.15) is 44.1 Å². The first-order valence-electron chi connectivity index (χ1n) is 7.46. The summed E-state index contributed by atoms with van der Waals surface area (Å²) in [5.41, 5.74) is 1.08. The number of carbonyl (C=O) groups excluding carboxylic acids is 1. The second-order valence-electron chi connectivity index (χ2n) is 5.41. The maximum Gasteiger partial charge on any atom is 0.249 e. The van der Waals surface area contributed by atoms with E-state index in [1.807, 2.05) is 42.5 Å². The van der Waals surface area contributed by atoms with Crippen molar-refractivity contribution in [3.63, 3.8) is 0 Å². The van der Waals surface area contributed by atoms with Gasteiger partial charge < -0.3 is 10.4 Å². The minimum absolute atomic E-state index is 0.241. The van der Waals surface area contributed by atoms with Crippen molar-refractivity contribution in [3.05, 3.63) is 42.0 Å². The molecule has 0 aromatic heterocycles. The Bertz CT molecular complexity index is 436. The van der Waals surface area contributed by atoms with Crippen LogP contribution in [-0.2, 0) is 4.79 Å². The van der Waals surface area contributed by atoms with Crippen molar-refractivity contribution in [1.82, 2.24) is 5.32 Å². The van der Waals surface area contributed by atoms with Crippen molar-refractivity contribution < 1.29 is 9.90 Å². The van der Waals surface area contributed by atoms with Crippen molar-refractivity contribution in [2.75, 3.05) is 0 Å². The predicted molar refractivity (Wildman–Crippen MR) is 81.1 cm³/mol. The average Bonchev–Trinajstić information content (AvgIpc) is 2.49. The molecule has 108 valence electrons. The fourth-order valence-corrected chi connectivity index (χ4v) is 2.55. The zero-order chi connectivity index (χ0) is 14.2. The normalized spacial score (nSPS) is 18.1. The molecule has 0 radical (unpaired) electrons. The molecule has 3 heteroatoms. The lowest BCUT2D eigenvalue weighted by Gasteiger charge is -2.23. The molecule has 0 bridgehead atoms. The molecule has 1 atom stereocenters. The van der Waals surface area contributed by atoms with Gasteiger partial charge in [-0.1, -0.05) is 61.7 Å². The molecule has 1 aliphatic rings. The molecule has 0 aliphatic heterocycles. The van der Waals surface area contributed by atoms with Crippen LogP contribution in [0.25, 0.3) is 6.08 Å². The monoisotopic (exact) mass is 273 g/mol. The first-order valence-corrected chi connectivity index (χ1v) is 7.46. The molecule has 1 amide bonds. The summed E-state index contributed by atoms with van der Waals surface area (Å²) >= 11 is 0. The summed E-state index contributed by atoms with van der Waals surface area (Å²) in [5, 5.41) is 12.8. The van der Waals surface area contributed by atoms with Crippen LogP contribution < -0.4 is 5.32 Å². The summed E-state index contributed by atoms with van der Waals surface area (Å²) in [6, 6.07) is 10.1. The minimum atomic E-state index is -0.947. The molecule has 1 saturated carbocycles. The number of hydrogen-bond donors (Lipinski definition) is 2. The summed E-state index contributed by atoms with van der Waals surface area (Å²) in [6.07, 6.45) is 8.87. The second-order valence-corrected chi connectivity index (χ2v) is 5.41. The maximum absolute atomic E-state index is 11.9. The third-order valence-electron chi connectivity index (χ3n) is 3.72. The predicted octanol–water partition coefficient (Wildman–Crippen LogP) is 2.90. The molecule has 2 rings (SSSR count). The van der Waals surface area contributed by atoms with Gasteiger partial charge in [0.25, 0.3) is 0 Å². The van der Waals surface area contributed by atoms with Gasteiger partial charge in [-0.25, -0.2) is 0 Å². The Morgan fingerprint density at radius 3 is 2.65 bits per heavy atom. The van der Waals surface area contributed by atoms with Crippen molar-refractivity contribution >= 4 is 12.0 Å². The van der Waals surface area contributed by atoms with Crippen molar-refractivity contribution in [2.24, 2.45) is 0 Å². The zero-order valence-corrected chi connectivity index (χ0v) is 11.8. The third-order valence-corrected chi connectivity index (χ3v) is 3.72. The summed E-state index contributed by atoms with van der Waals surface area (Å²) in [7, 11) is 0. The highest BCUT2D eigenvalue weighted by molar-refractivity contribution is 5.81. The van der Waals surface area contributed by atoms with E-state index >= 15 is 0 Å². The first kappa shape index (κ1) is 14.8. The van der Waals surface area contributed by atoms with Gasteiger partial charge in [0.05, 0.1) is 0 Å². The van der Waals surface area contributed by atoms with E-state index in [1.165, 1.54) is 19.3 Å². The lowest BCUT2D eigenvalue weighted by atomic mass is 9.95. The Morgan fingerprint density at radius 2 is 1.95 bits per heavy atom. The smallest absolute Gasteiger partial charge is 0.249 e. The Morgan fingerprint density at radius 1 is 1.25 bits per heavy atom. The van der Waals surface area contributed by atoms with Crippen molar-refractivity contribution in [2.45, 2.75) is 50.7 Å². The molecule has 0 saturated heterocycles. The summed E-state index contributed by atoms with van der Waals surface area (Å²) in [5.74, 6) is -0.241. The molecule has 2 N–H and O–H groups in total. The molecule has 1 fully saturated rings. The van der Waals surface area contributed by atoms with Crippen molar-refractivity contribution in [3.8, 4) is 0 Å². The van der Waals surface area contributed by atoms with E-state index < -0.39 is 6.10 Å². The average molecular weight is 273 g/mol. The number of amides is 1. The largest absolute Gasteiger partial charge is 0.383 e. The molecular weight excluding hydrogens is 250 g/mol.